The van der Waals surface area contributed by atoms with Crippen molar-refractivity contribution in [1.29, 1.82) is 0 Å². The first-order valence-electron chi connectivity index (χ1n) is 7.51. The van der Waals surface area contributed by atoms with E-state index in [1.165, 1.54) is 16.6 Å². The SMILES string of the molecule is CCC1C=C([Si](C)(C)C)C=Cn2c1cc1ccccc12. The van der Waals surface area contributed by atoms with E-state index in [-0.39, 0.29) is 0 Å². The third-order valence-corrected chi connectivity index (χ3v) is 6.31. The number of aromatic nitrogens is 1. The summed E-state index contributed by atoms with van der Waals surface area (Å²) in [7, 11) is -1.27. The highest BCUT2D eigenvalue weighted by molar-refractivity contribution is 6.83. The van der Waals surface area contributed by atoms with Gasteiger partial charge in [0.2, 0.25) is 0 Å². The van der Waals surface area contributed by atoms with Crippen molar-refractivity contribution in [3.05, 3.63) is 53.4 Å². The molecule has 1 aliphatic rings. The lowest BCUT2D eigenvalue weighted by Gasteiger charge is -2.19. The Kier molecular flexibility index (Phi) is 3.21. The molecule has 3 rings (SSSR count). The Morgan fingerprint density at radius 3 is 2.60 bits per heavy atom. The standard InChI is InChI=1S/C18H23NSi/c1-5-14-12-16(20(2,3)4)10-11-19-17-9-7-6-8-15(17)13-18(14)19/h6-14H,5H2,1-4H3. The molecule has 0 aliphatic carbocycles. The van der Waals surface area contributed by atoms with E-state index in [0.717, 1.165) is 6.42 Å². The number of allylic oxidation sites excluding steroid dienone is 3. The van der Waals surface area contributed by atoms with E-state index in [9.17, 15) is 0 Å². The van der Waals surface area contributed by atoms with E-state index in [1.807, 2.05) is 0 Å². The van der Waals surface area contributed by atoms with Crippen LogP contribution in [0, 0.1) is 0 Å². The van der Waals surface area contributed by atoms with E-state index in [4.69, 9.17) is 0 Å². The van der Waals surface area contributed by atoms with Crippen molar-refractivity contribution in [3.63, 3.8) is 0 Å². The van der Waals surface area contributed by atoms with Gasteiger partial charge in [0.05, 0.1) is 13.6 Å². The van der Waals surface area contributed by atoms with Gasteiger partial charge in [-0.1, -0.05) is 56.0 Å². The summed E-state index contributed by atoms with van der Waals surface area (Å²) in [5, 5.41) is 2.91. The number of benzene rings is 1. The molecule has 0 fully saturated rings. The van der Waals surface area contributed by atoms with Crippen molar-refractivity contribution in [2.75, 3.05) is 0 Å². The predicted molar refractivity (Wildman–Crippen MR) is 91.7 cm³/mol. The van der Waals surface area contributed by atoms with Crippen LogP contribution in [-0.4, -0.2) is 12.6 Å². The Morgan fingerprint density at radius 2 is 1.90 bits per heavy atom. The predicted octanol–water partition coefficient (Wildman–Crippen LogP) is 5.42. The molecule has 1 unspecified atom stereocenters. The molecule has 0 N–H and O–H groups in total. The average molecular weight is 281 g/mol. The summed E-state index contributed by atoms with van der Waals surface area (Å²) in [5.74, 6) is 0.527. The first-order valence-corrected chi connectivity index (χ1v) is 11.0. The third-order valence-electron chi connectivity index (χ3n) is 4.25. The normalized spacial score (nSPS) is 18.8. The lowest BCUT2D eigenvalue weighted by Crippen LogP contribution is -2.23. The molecule has 104 valence electrons. The summed E-state index contributed by atoms with van der Waals surface area (Å²) in [5.41, 5.74) is 2.75. The first-order chi connectivity index (χ1) is 9.50. The molecule has 1 aliphatic heterocycles. The van der Waals surface area contributed by atoms with Gasteiger partial charge < -0.3 is 4.57 Å². The molecule has 1 nitrogen and oxygen atoms in total. The molecule has 2 heteroatoms. The van der Waals surface area contributed by atoms with Crippen molar-refractivity contribution in [2.45, 2.75) is 38.9 Å². The van der Waals surface area contributed by atoms with Gasteiger partial charge in [-0.3, -0.25) is 0 Å². The molecule has 1 atom stereocenters. The Bertz CT molecular complexity index is 698. The second kappa shape index (κ2) is 4.78. The maximum Gasteiger partial charge on any atom is 0.0772 e. The van der Waals surface area contributed by atoms with Crippen LogP contribution in [0.4, 0.5) is 0 Å². The quantitative estimate of drug-likeness (QED) is 0.647. The van der Waals surface area contributed by atoms with Gasteiger partial charge in [-0.25, -0.2) is 0 Å². The van der Waals surface area contributed by atoms with Gasteiger partial charge in [-0.05, 0) is 24.6 Å². The summed E-state index contributed by atoms with van der Waals surface area (Å²) >= 11 is 0. The number of fused-ring (bicyclic) bond motifs is 3. The van der Waals surface area contributed by atoms with Crippen molar-refractivity contribution in [1.82, 2.24) is 4.57 Å². The highest BCUT2D eigenvalue weighted by atomic mass is 28.3. The van der Waals surface area contributed by atoms with Crippen LogP contribution in [0.25, 0.3) is 17.1 Å². The van der Waals surface area contributed by atoms with Gasteiger partial charge >= 0.3 is 0 Å². The molecule has 0 saturated heterocycles. The zero-order valence-corrected chi connectivity index (χ0v) is 13.9. The molecule has 20 heavy (non-hydrogen) atoms. The number of hydrogen-bond donors (Lipinski definition) is 0. The molecular formula is C18H23NSi. The fourth-order valence-corrected chi connectivity index (χ4v) is 4.26. The summed E-state index contributed by atoms with van der Waals surface area (Å²) in [6.07, 6.45) is 8.29. The Balaban J connectivity index is 2.20. The summed E-state index contributed by atoms with van der Waals surface area (Å²) < 4.78 is 2.38. The van der Waals surface area contributed by atoms with E-state index < -0.39 is 8.07 Å². The number of hydrogen-bond acceptors (Lipinski definition) is 0. The van der Waals surface area contributed by atoms with Gasteiger partial charge in [0.15, 0.2) is 0 Å². The van der Waals surface area contributed by atoms with E-state index >= 15 is 0 Å². The van der Waals surface area contributed by atoms with Crippen LogP contribution in [0.15, 0.2) is 47.7 Å². The Morgan fingerprint density at radius 1 is 1.15 bits per heavy atom. The maximum absolute atomic E-state index is 2.51. The number of rotatable bonds is 2. The molecule has 0 saturated carbocycles. The first kappa shape index (κ1) is 13.4. The van der Waals surface area contributed by atoms with Crippen LogP contribution < -0.4 is 0 Å². The van der Waals surface area contributed by atoms with Gasteiger partial charge in [-0.15, -0.1) is 0 Å². The minimum absolute atomic E-state index is 0.527. The molecule has 1 aromatic carbocycles. The fraction of sp³-hybridized carbons (Fsp3) is 0.333. The lowest BCUT2D eigenvalue weighted by molar-refractivity contribution is 0.767. The second-order valence-electron chi connectivity index (χ2n) is 6.70. The second-order valence-corrected chi connectivity index (χ2v) is 11.8. The molecule has 2 aromatic rings. The average Bonchev–Trinajstić information content (AvgIpc) is 2.65. The van der Waals surface area contributed by atoms with Gasteiger partial charge in [-0.2, -0.15) is 0 Å². The van der Waals surface area contributed by atoms with Gasteiger partial charge in [0.25, 0.3) is 0 Å². The van der Waals surface area contributed by atoms with Crippen LogP contribution in [0.2, 0.25) is 19.6 Å². The summed E-state index contributed by atoms with van der Waals surface area (Å²) in [6.45, 7) is 9.56. The van der Waals surface area contributed by atoms with Crippen LogP contribution in [-0.2, 0) is 0 Å². The van der Waals surface area contributed by atoms with E-state index in [2.05, 4.69) is 79.8 Å². The maximum atomic E-state index is 2.51. The van der Waals surface area contributed by atoms with E-state index in [0.29, 0.717) is 5.92 Å². The summed E-state index contributed by atoms with van der Waals surface area (Å²) in [6, 6.07) is 11.0. The van der Waals surface area contributed by atoms with Crippen molar-refractivity contribution >= 4 is 25.2 Å². The molecule has 2 heterocycles. The minimum atomic E-state index is -1.27. The smallest absolute Gasteiger partial charge is 0.0772 e. The highest BCUT2D eigenvalue weighted by Crippen LogP contribution is 2.33. The largest absolute Gasteiger partial charge is 0.320 e. The minimum Gasteiger partial charge on any atom is -0.320 e. The molecule has 0 bridgehead atoms. The molecule has 1 aromatic heterocycles. The Labute approximate surface area is 122 Å². The van der Waals surface area contributed by atoms with E-state index in [1.54, 1.807) is 5.20 Å². The molecule has 0 amide bonds. The third kappa shape index (κ3) is 2.18. The molecule has 0 spiro atoms. The molecular weight excluding hydrogens is 258 g/mol. The zero-order valence-electron chi connectivity index (χ0n) is 12.9. The van der Waals surface area contributed by atoms with Crippen LogP contribution >= 0.6 is 0 Å². The van der Waals surface area contributed by atoms with Crippen LogP contribution in [0.1, 0.15) is 25.0 Å². The van der Waals surface area contributed by atoms with Crippen LogP contribution in [0.5, 0.6) is 0 Å². The number of para-hydroxylation sites is 1. The number of nitrogens with zero attached hydrogens (tertiary/aromatic N) is 1. The zero-order chi connectivity index (χ0) is 14.3. The topological polar surface area (TPSA) is 4.93 Å². The van der Waals surface area contributed by atoms with Crippen molar-refractivity contribution in [3.8, 4) is 0 Å². The monoisotopic (exact) mass is 281 g/mol. The summed E-state index contributed by atoms with van der Waals surface area (Å²) in [4.78, 5) is 0. The highest BCUT2D eigenvalue weighted by Gasteiger charge is 2.23. The Hall–Kier alpha value is -1.54. The van der Waals surface area contributed by atoms with Gasteiger partial charge in [0, 0.05) is 23.2 Å². The van der Waals surface area contributed by atoms with Crippen molar-refractivity contribution < 1.29 is 0 Å². The van der Waals surface area contributed by atoms with Crippen LogP contribution in [0.3, 0.4) is 0 Å². The molecule has 0 radical (unpaired) electrons. The lowest BCUT2D eigenvalue weighted by atomic mass is 10.0. The van der Waals surface area contributed by atoms with Crippen molar-refractivity contribution in [2.24, 2.45) is 0 Å². The van der Waals surface area contributed by atoms with Gasteiger partial charge in [0.1, 0.15) is 0 Å². The fourth-order valence-electron chi connectivity index (χ4n) is 2.99.